The van der Waals surface area contributed by atoms with Gasteiger partial charge in [-0.1, -0.05) is 24.3 Å². The van der Waals surface area contributed by atoms with Crippen molar-refractivity contribution in [3.05, 3.63) is 41.3 Å². The van der Waals surface area contributed by atoms with Crippen LogP contribution in [0, 0.1) is 4.91 Å². The summed E-state index contributed by atoms with van der Waals surface area (Å²) in [5.74, 6) is 0.0982. The molecular formula is C10H6NO4S-. The molecule has 0 bridgehead atoms. The highest BCUT2D eigenvalue weighted by Crippen LogP contribution is 2.34. The molecule has 16 heavy (non-hydrogen) atoms. The lowest BCUT2D eigenvalue weighted by Crippen LogP contribution is -1.98. The van der Waals surface area contributed by atoms with E-state index in [1.807, 2.05) is 0 Å². The third-order valence-corrected chi connectivity index (χ3v) is 2.42. The van der Waals surface area contributed by atoms with E-state index in [4.69, 9.17) is 0 Å². The summed E-state index contributed by atoms with van der Waals surface area (Å²) in [6.45, 7) is 0. The first kappa shape index (κ1) is 10.7. The number of hydrogen-bond donors (Lipinski definition) is 0. The lowest BCUT2D eigenvalue weighted by molar-refractivity contribution is 0.442. The molecule has 0 saturated heterocycles. The summed E-state index contributed by atoms with van der Waals surface area (Å²) in [7, 11) is 0. The third kappa shape index (κ3) is 1.93. The zero-order valence-electron chi connectivity index (χ0n) is 7.95. The van der Waals surface area contributed by atoms with E-state index in [0.29, 0.717) is 10.8 Å². The third-order valence-electron chi connectivity index (χ3n) is 2.10. The van der Waals surface area contributed by atoms with Gasteiger partial charge in [0.1, 0.15) is 22.8 Å². The van der Waals surface area contributed by atoms with Crippen LogP contribution in [0.25, 0.3) is 10.8 Å². The van der Waals surface area contributed by atoms with Crippen LogP contribution in [0.3, 0.4) is 0 Å². The van der Waals surface area contributed by atoms with Gasteiger partial charge in [-0.3, -0.25) is 0 Å². The van der Waals surface area contributed by atoms with Crippen molar-refractivity contribution in [2.75, 3.05) is 0 Å². The lowest BCUT2D eigenvalue weighted by Gasteiger charge is -2.10. The molecule has 5 nitrogen and oxygen atoms in total. The van der Waals surface area contributed by atoms with Gasteiger partial charge < -0.3 is 8.74 Å². The van der Waals surface area contributed by atoms with Crippen molar-refractivity contribution in [3.8, 4) is 5.75 Å². The van der Waals surface area contributed by atoms with Crippen molar-refractivity contribution in [2.24, 2.45) is 5.18 Å². The average Bonchev–Trinajstić information content (AvgIpc) is 2.28. The molecule has 82 valence electrons. The van der Waals surface area contributed by atoms with E-state index in [0.717, 1.165) is 0 Å². The molecule has 0 fully saturated rings. The molecular weight excluding hydrogens is 230 g/mol. The number of nitroso groups, excluding NO2 is 1. The standard InChI is InChI=1S/C10H7NO4S/c12-11-8-5-1-3-7-4-2-6-9(10(7)8)15-16(13)14/h1-6H,(H,13,14)/p-1. The van der Waals surface area contributed by atoms with Crippen LogP contribution >= 0.6 is 0 Å². The molecule has 0 heterocycles. The monoisotopic (exact) mass is 236 g/mol. The van der Waals surface area contributed by atoms with Crippen molar-refractivity contribution >= 4 is 27.8 Å². The number of benzene rings is 2. The van der Waals surface area contributed by atoms with Crippen molar-refractivity contribution in [2.45, 2.75) is 0 Å². The molecule has 0 aromatic heterocycles. The highest BCUT2D eigenvalue weighted by molar-refractivity contribution is 7.74. The molecule has 0 aliphatic heterocycles. The van der Waals surface area contributed by atoms with E-state index in [9.17, 15) is 13.7 Å². The zero-order valence-corrected chi connectivity index (χ0v) is 8.77. The number of fused-ring (bicyclic) bond motifs is 1. The van der Waals surface area contributed by atoms with E-state index in [2.05, 4.69) is 9.36 Å². The van der Waals surface area contributed by atoms with Gasteiger partial charge in [0.15, 0.2) is 0 Å². The Morgan fingerprint density at radius 1 is 1.19 bits per heavy atom. The van der Waals surface area contributed by atoms with Crippen molar-refractivity contribution in [1.29, 1.82) is 0 Å². The van der Waals surface area contributed by atoms with Crippen LogP contribution in [0.1, 0.15) is 0 Å². The maximum atomic E-state index is 10.6. The quantitative estimate of drug-likeness (QED) is 0.605. The Hall–Kier alpha value is -1.79. The van der Waals surface area contributed by atoms with Crippen molar-refractivity contribution in [3.63, 3.8) is 0 Å². The lowest BCUT2D eigenvalue weighted by atomic mass is 10.1. The Kier molecular flexibility index (Phi) is 2.93. The van der Waals surface area contributed by atoms with E-state index < -0.39 is 11.4 Å². The second-order valence-corrected chi connectivity index (χ2v) is 3.59. The van der Waals surface area contributed by atoms with Crippen LogP contribution in [-0.2, 0) is 11.4 Å². The van der Waals surface area contributed by atoms with Gasteiger partial charge in [0.05, 0.1) is 5.39 Å². The van der Waals surface area contributed by atoms with E-state index in [1.54, 1.807) is 24.3 Å². The van der Waals surface area contributed by atoms with Crippen LogP contribution in [0.15, 0.2) is 41.6 Å². The fourth-order valence-corrected chi connectivity index (χ4v) is 1.79. The SMILES string of the molecule is O=Nc1cccc2cccc(OS(=O)[O-])c12. The molecule has 1 atom stereocenters. The molecule has 2 aromatic rings. The van der Waals surface area contributed by atoms with E-state index in [1.165, 1.54) is 12.1 Å². The second-order valence-electron chi connectivity index (χ2n) is 3.01. The first-order chi connectivity index (χ1) is 7.72. The average molecular weight is 236 g/mol. The first-order valence-corrected chi connectivity index (χ1v) is 5.35. The van der Waals surface area contributed by atoms with Crippen molar-refractivity contribution in [1.82, 2.24) is 0 Å². The van der Waals surface area contributed by atoms with Gasteiger partial charge in [-0.2, -0.15) is 0 Å². The Morgan fingerprint density at radius 2 is 1.88 bits per heavy atom. The Morgan fingerprint density at radius 3 is 2.50 bits per heavy atom. The highest BCUT2D eigenvalue weighted by atomic mass is 32.2. The summed E-state index contributed by atoms with van der Waals surface area (Å²) >= 11 is -2.68. The smallest absolute Gasteiger partial charge is 0.149 e. The van der Waals surface area contributed by atoms with Gasteiger partial charge in [0, 0.05) is 0 Å². The topological polar surface area (TPSA) is 78.8 Å². The van der Waals surface area contributed by atoms with Crippen LogP contribution in [0.5, 0.6) is 5.75 Å². The summed E-state index contributed by atoms with van der Waals surface area (Å²) in [6, 6.07) is 9.74. The molecule has 0 aliphatic carbocycles. The molecule has 0 N–H and O–H groups in total. The number of hydrogen-bond acceptors (Lipinski definition) is 5. The van der Waals surface area contributed by atoms with Gasteiger partial charge in [-0.25, -0.2) is 4.21 Å². The zero-order chi connectivity index (χ0) is 11.5. The minimum Gasteiger partial charge on any atom is -0.740 e. The van der Waals surface area contributed by atoms with Gasteiger partial charge in [-0.15, -0.1) is 4.91 Å². The van der Waals surface area contributed by atoms with Gasteiger partial charge >= 0.3 is 0 Å². The molecule has 6 heteroatoms. The van der Waals surface area contributed by atoms with Crippen LogP contribution in [-0.4, -0.2) is 8.76 Å². The Labute approximate surface area is 93.5 Å². The Bertz CT molecular complexity index is 564. The van der Waals surface area contributed by atoms with Crippen molar-refractivity contribution < 1.29 is 12.9 Å². The molecule has 0 amide bonds. The van der Waals surface area contributed by atoms with Gasteiger partial charge in [0.25, 0.3) is 0 Å². The normalized spacial score (nSPS) is 12.3. The van der Waals surface area contributed by atoms with Gasteiger partial charge in [0.2, 0.25) is 0 Å². The highest BCUT2D eigenvalue weighted by Gasteiger charge is 2.07. The molecule has 2 aromatic carbocycles. The summed E-state index contributed by atoms with van der Waals surface area (Å²) < 4.78 is 25.5. The maximum Gasteiger partial charge on any atom is 0.149 e. The minimum atomic E-state index is -2.68. The number of rotatable bonds is 3. The summed E-state index contributed by atoms with van der Waals surface area (Å²) in [5, 5.41) is 3.92. The predicted octanol–water partition coefficient (Wildman–Crippen LogP) is 2.41. The predicted molar refractivity (Wildman–Crippen MR) is 59.0 cm³/mol. The molecule has 0 spiro atoms. The largest absolute Gasteiger partial charge is 0.740 e. The van der Waals surface area contributed by atoms with Crippen LogP contribution < -0.4 is 4.18 Å². The summed E-state index contributed by atoms with van der Waals surface area (Å²) in [6.07, 6.45) is 0. The van der Waals surface area contributed by atoms with Crippen LogP contribution in [0.4, 0.5) is 5.69 Å². The van der Waals surface area contributed by atoms with E-state index in [-0.39, 0.29) is 11.4 Å². The molecule has 2 rings (SSSR count). The first-order valence-electron chi connectivity index (χ1n) is 4.35. The van der Waals surface area contributed by atoms with Gasteiger partial charge in [-0.05, 0) is 22.7 Å². The Balaban J connectivity index is 2.73. The molecule has 1 unspecified atom stereocenters. The fraction of sp³-hybridized carbons (Fsp3) is 0. The molecule has 0 radical (unpaired) electrons. The fourth-order valence-electron chi connectivity index (χ4n) is 1.51. The summed E-state index contributed by atoms with van der Waals surface area (Å²) in [4.78, 5) is 10.6. The minimum absolute atomic E-state index is 0.0982. The maximum absolute atomic E-state index is 10.6. The van der Waals surface area contributed by atoms with E-state index >= 15 is 0 Å². The van der Waals surface area contributed by atoms with Crippen LogP contribution in [0.2, 0.25) is 0 Å². The second kappa shape index (κ2) is 4.38. The summed E-state index contributed by atoms with van der Waals surface area (Å²) in [5.41, 5.74) is 0.151. The molecule has 0 aliphatic rings. The number of nitrogens with zero attached hydrogens (tertiary/aromatic N) is 1. The molecule has 0 saturated carbocycles.